The summed E-state index contributed by atoms with van der Waals surface area (Å²) < 4.78 is 0. The average Bonchev–Trinajstić information content (AvgIpc) is 2.18. The van der Waals surface area contributed by atoms with Gasteiger partial charge in [0.1, 0.15) is 0 Å². The molecule has 1 aliphatic rings. The lowest BCUT2D eigenvalue weighted by Crippen LogP contribution is -2.52. The minimum absolute atomic E-state index is 0.0564. The summed E-state index contributed by atoms with van der Waals surface area (Å²) in [5.74, 6) is 0.979. The van der Waals surface area contributed by atoms with Crippen molar-refractivity contribution in [3.63, 3.8) is 0 Å². The quantitative estimate of drug-likeness (QED) is 0.778. The first-order valence-corrected chi connectivity index (χ1v) is 6.55. The van der Waals surface area contributed by atoms with E-state index >= 15 is 0 Å². The van der Waals surface area contributed by atoms with Crippen LogP contribution in [0.2, 0.25) is 0 Å². The van der Waals surface area contributed by atoms with Gasteiger partial charge in [-0.25, -0.2) is 0 Å². The molecule has 3 heteroatoms. The van der Waals surface area contributed by atoms with Gasteiger partial charge < -0.3 is 10.2 Å². The zero-order valence-electron chi connectivity index (χ0n) is 11.1. The Morgan fingerprint density at radius 2 is 2.06 bits per heavy atom. The molecule has 0 aromatic carbocycles. The van der Waals surface area contributed by atoms with Gasteiger partial charge >= 0.3 is 0 Å². The molecule has 0 aromatic rings. The van der Waals surface area contributed by atoms with Crippen molar-refractivity contribution in [1.82, 2.24) is 10.2 Å². The van der Waals surface area contributed by atoms with Gasteiger partial charge in [-0.2, -0.15) is 0 Å². The Balaban J connectivity index is 2.44. The maximum atomic E-state index is 12.1. The Kier molecular flexibility index (Phi) is 5.26. The number of nitrogens with one attached hydrogen (secondary N) is 1. The van der Waals surface area contributed by atoms with Crippen LogP contribution < -0.4 is 5.32 Å². The fourth-order valence-corrected chi connectivity index (χ4v) is 2.13. The molecule has 1 atom stereocenters. The van der Waals surface area contributed by atoms with Gasteiger partial charge in [-0.15, -0.1) is 0 Å². The molecule has 0 aromatic heterocycles. The molecule has 1 amide bonds. The summed E-state index contributed by atoms with van der Waals surface area (Å²) in [7, 11) is 0. The van der Waals surface area contributed by atoms with Crippen molar-refractivity contribution in [2.75, 3.05) is 13.1 Å². The van der Waals surface area contributed by atoms with Crippen molar-refractivity contribution in [3.05, 3.63) is 0 Å². The summed E-state index contributed by atoms with van der Waals surface area (Å²) in [6, 6.07) is 0.444. The monoisotopic (exact) mass is 226 g/mol. The number of rotatable bonds is 5. The fraction of sp³-hybridized carbons (Fsp3) is 0.923. The molecule has 1 aliphatic heterocycles. The van der Waals surface area contributed by atoms with Crippen molar-refractivity contribution >= 4 is 5.91 Å². The number of hydrogen-bond acceptors (Lipinski definition) is 2. The van der Waals surface area contributed by atoms with Crippen LogP contribution in [0.1, 0.15) is 47.0 Å². The van der Waals surface area contributed by atoms with E-state index in [-0.39, 0.29) is 6.04 Å². The number of likely N-dealkylation sites (tertiary alicyclic amines) is 1. The van der Waals surface area contributed by atoms with E-state index in [2.05, 4.69) is 33.0 Å². The van der Waals surface area contributed by atoms with Gasteiger partial charge in [0.05, 0.1) is 6.04 Å². The van der Waals surface area contributed by atoms with E-state index in [1.54, 1.807) is 0 Å². The highest BCUT2D eigenvalue weighted by atomic mass is 16.2. The molecule has 0 spiro atoms. The van der Waals surface area contributed by atoms with Crippen molar-refractivity contribution < 1.29 is 4.79 Å². The number of nitrogens with zero attached hydrogens (tertiary/aromatic N) is 1. The molecular formula is C13H26N2O. The Morgan fingerprint density at radius 3 is 2.62 bits per heavy atom. The number of carbonyl (C=O) groups excluding carboxylic acids is 1. The first kappa shape index (κ1) is 13.5. The maximum absolute atomic E-state index is 12.1. The number of piperidine rings is 1. The van der Waals surface area contributed by atoms with E-state index in [9.17, 15) is 4.79 Å². The van der Waals surface area contributed by atoms with Crippen LogP contribution in [0.25, 0.3) is 0 Å². The third kappa shape index (κ3) is 4.12. The predicted octanol–water partition coefficient (Wildman–Crippen LogP) is 2.02. The molecule has 0 radical (unpaired) electrons. The van der Waals surface area contributed by atoms with Crippen molar-refractivity contribution in [3.8, 4) is 0 Å². The van der Waals surface area contributed by atoms with Gasteiger partial charge in [0.15, 0.2) is 0 Å². The summed E-state index contributed by atoms with van der Waals surface area (Å²) in [6.07, 6.45) is 3.24. The molecule has 1 unspecified atom stereocenters. The van der Waals surface area contributed by atoms with E-state index in [1.165, 1.54) is 0 Å². The largest absolute Gasteiger partial charge is 0.341 e. The molecule has 0 bridgehead atoms. The fourth-order valence-electron chi connectivity index (χ4n) is 2.13. The summed E-state index contributed by atoms with van der Waals surface area (Å²) in [6.45, 7) is 10.5. The Bertz CT molecular complexity index is 226. The smallest absolute Gasteiger partial charge is 0.239 e. The Labute approximate surface area is 99.6 Å². The third-order valence-electron chi connectivity index (χ3n) is 3.04. The van der Waals surface area contributed by atoms with Crippen molar-refractivity contribution in [1.29, 1.82) is 0 Å². The lowest BCUT2D eigenvalue weighted by molar-refractivity contribution is -0.136. The van der Waals surface area contributed by atoms with Crippen LogP contribution in [0.3, 0.4) is 0 Å². The molecule has 1 heterocycles. The van der Waals surface area contributed by atoms with Crippen LogP contribution in [-0.2, 0) is 4.79 Å². The van der Waals surface area contributed by atoms with Crippen LogP contribution in [0.15, 0.2) is 0 Å². The molecule has 0 aliphatic carbocycles. The van der Waals surface area contributed by atoms with Gasteiger partial charge in [-0.3, -0.25) is 4.79 Å². The number of hydrogen-bond donors (Lipinski definition) is 1. The molecule has 1 N–H and O–H groups in total. The van der Waals surface area contributed by atoms with Gasteiger partial charge in [0.25, 0.3) is 0 Å². The molecule has 0 saturated carbocycles. The maximum Gasteiger partial charge on any atom is 0.239 e. The highest BCUT2D eigenvalue weighted by molar-refractivity contribution is 5.82. The Morgan fingerprint density at radius 1 is 1.38 bits per heavy atom. The van der Waals surface area contributed by atoms with Crippen molar-refractivity contribution in [2.24, 2.45) is 5.92 Å². The molecule has 1 rings (SSSR count). The predicted molar refractivity (Wildman–Crippen MR) is 67.3 cm³/mol. The zero-order valence-corrected chi connectivity index (χ0v) is 11.1. The second-order valence-corrected chi connectivity index (χ2v) is 5.52. The molecule has 1 fully saturated rings. The van der Waals surface area contributed by atoms with E-state index < -0.39 is 0 Å². The van der Waals surface area contributed by atoms with Crippen LogP contribution in [0.4, 0.5) is 0 Å². The second kappa shape index (κ2) is 6.24. The summed E-state index contributed by atoms with van der Waals surface area (Å²) in [4.78, 5) is 14.2. The first-order valence-electron chi connectivity index (χ1n) is 6.55. The third-order valence-corrected chi connectivity index (χ3v) is 3.04. The topological polar surface area (TPSA) is 32.3 Å². The van der Waals surface area contributed by atoms with Crippen LogP contribution in [0.5, 0.6) is 0 Å². The SMILES string of the molecule is CC(C)CCN1CCCC(NC(C)C)C1=O. The van der Waals surface area contributed by atoms with Gasteiger partial charge in [-0.05, 0) is 25.2 Å². The molecule has 1 saturated heterocycles. The molecule has 16 heavy (non-hydrogen) atoms. The lowest BCUT2D eigenvalue weighted by atomic mass is 10.0. The molecular weight excluding hydrogens is 200 g/mol. The lowest BCUT2D eigenvalue weighted by Gasteiger charge is -2.34. The highest BCUT2D eigenvalue weighted by Crippen LogP contribution is 2.14. The zero-order chi connectivity index (χ0) is 12.1. The van der Waals surface area contributed by atoms with E-state index in [1.807, 2.05) is 4.90 Å². The summed E-state index contributed by atoms with van der Waals surface area (Å²) in [5, 5.41) is 3.36. The minimum atomic E-state index is 0.0564. The average molecular weight is 226 g/mol. The molecule has 94 valence electrons. The van der Waals surface area contributed by atoms with Crippen LogP contribution in [0, 0.1) is 5.92 Å². The standard InChI is InChI=1S/C13H26N2O/c1-10(2)7-9-15-8-5-6-12(13(15)16)14-11(3)4/h10-12,14H,5-9H2,1-4H3. The van der Waals surface area contributed by atoms with E-state index in [0.29, 0.717) is 17.9 Å². The van der Waals surface area contributed by atoms with Gasteiger partial charge in [0, 0.05) is 19.1 Å². The van der Waals surface area contributed by atoms with Crippen LogP contribution in [-0.4, -0.2) is 36.0 Å². The molecule has 3 nitrogen and oxygen atoms in total. The minimum Gasteiger partial charge on any atom is -0.341 e. The van der Waals surface area contributed by atoms with Gasteiger partial charge in [0.2, 0.25) is 5.91 Å². The number of amides is 1. The van der Waals surface area contributed by atoms with Crippen molar-refractivity contribution in [2.45, 2.75) is 59.0 Å². The summed E-state index contributed by atoms with van der Waals surface area (Å²) in [5.41, 5.74) is 0. The Hall–Kier alpha value is -0.570. The number of carbonyl (C=O) groups is 1. The normalized spacial score (nSPS) is 22.2. The van der Waals surface area contributed by atoms with E-state index in [4.69, 9.17) is 0 Å². The van der Waals surface area contributed by atoms with Gasteiger partial charge in [-0.1, -0.05) is 27.7 Å². The second-order valence-electron chi connectivity index (χ2n) is 5.52. The summed E-state index contributed by atoms with van der Waals surface area (Å²) >= 11 is 0. The highest BCUT2D eigenvalue weighted by Gasteiger charge is 2.28. The van der Waals surface area contributed by atoms with Crippen LogP contribution >= 0.6 is 0 Å². The first-order chi connectivity index (χ1) is 7.50. The van der Waals surface area contributed by atoms with E-state index in [0.717, 1.165) is 32.4 Å².